The second-order valence-electron chi connectivity index (χ2n) is 5.66. The monoisotopic (exact) mass is 209 g/mol. The maximum Gasteiger partial charge on any atom is 0.0110 e. The van der Waals surface area contributed by atoms with Crippen LogP contribution in [0.3, 0.4) is 0 Å². The van der Waals surface area contributed by atoms with Gasteiger partial charge in [0, 0.05) is 52.4 Å². The molecule has 1 N–H and O–H groups in total. The predicted molar refractivity (Wildman–Crippen MR) is 62.0 cm³/mol. The molecule has 0 radical (unpaired) electrons. The van der Waals surface area contributed by atoms with Crippen LogP contribution in [0.2, 0.25) is 0 Å². The molecule has 3 heteroatoms. The van der Waals surface area contributed by atoms with Crippen molar-refractivity contribution in [3.63, 3.8) is 0 Å². The molecule has 0 bridgehead atoms. The first-order chi connectivity index (χ1) is 7.36. The lowest BCUT2D eigenvalue weighted by Crippen LogP contribution is -2.61. The minimum absolute atomic E-state index is 0.809. The Labute approximate surface area is 92.8 Å². The van der Waals surface area contributed by atoms with E-state index in [-0.39, 0.29) is 0 Å². The van der Waals surface area contributed by atoms with E-state index < -0.39 is 0 Å². The zero-order valence-corrected chi connectivity index (χ0v) is 9.67. The van der Waals surface area contributed by atoms with Gasteiger partial charge in [0.1, 0.15) is 0 Å². The number of hydrogen-bond donors (Lipinski definition) is 1. The number of hydrogen-bond acceptors (Lipinski definition) is 3. The van der Waals surface area contributed by atoms with Crippen LogP contribution >= 0.6 is 0 Å². The summed E-state index contributed by atoms with van der Waals surface area (Å²) >= 11 is 0. The van der Waals surface area contributed by atoms with Crippen molar-refractivity contribution in [1.82, 2.24) is 15.1 Å². The Hall–Kier alpha value is -0.120. The number of likely N-dealkylation sites (tertiary alicyclic amines) is 1. The summed E-state index contributed by atoms with van der Waals surface area (Å²) in [6.45, 7) is 10.3. The lowest BCUT2D eigenvalue weighted by molar-refractivity contribution is -0.0626. The van der Waals surface area contributed by atoms with Gasteiger partial charge in [-0.25, -0.2) is 0 Å². The fourth-order valence-corrected chi connectivity index (χ4v) is 3.27. The standard InChI is InChI=1S/C12H23N3/c1-2-12(3-1)10-15(11-12)9-8-14-6-4-13-5-7-14/h13H,1-11H2. The molecular formula is C12H23N3. The van der Waals surface area contributed by atoms with E-state index in [1.807, 2.05) is 0 Å². The van der Waals surface area contributed by atoms with Crippen molar-refractivity contribution < 1.29 is 0 Å². The Balaban J connectivity index is 1.33. The molecular weight excluding hydrogens is 186 g/mol. The van der Waals surface area contributed by atoms with Crippen molar-refractivity contribution in [2.75, 3.05) is 52.4 Å². The van der Waals surface area contributed by atoms with Gasteiger partial charge >= 0.3 is 0 Å². The largest absolute Gasteiger partial charge is 0.314 e. The number of rotatable bonds is 3. The Bertz CT molecular complexity index is 211. The van der Waals surface area contributed by atoms with Crippen LogP contribution in [-0.2, 0) is 0 Å². The maximum atomic E-state index is 3.41. The van der Waals surface area contributed by atoms with Gasteiger partial charge in [-0.2, -0.15) is 0 Å². The zero-order chi connectivity index (χ0) is 10.1. The van der Waals surface area contributed by atoms with Gasteiger partial charge in [-0.3, -0.25) is 4.90 Å². The van der Waals surface area contributed by atoms with Crippen LogP contribution < -0.4 is 5.32 Å². The van der Waals surface area contributed by atoms with Crippen molar-refractivity contribution in [3.05, 3.63) is 0 Å². The van der Waals surface area contributed by atoms with Gasteiger partial charge in [-0.05, 0) is 18.3 Å². The van der Waals surface area contributed by atoms with Crippen molar-refractivity contribution in [3.8, 4) is 0 Å². The van der Waals surface area contributed by atoms with Gasteiger partial charge in [0.05, 0.1) is 0 Å². The highest BCUT2D eigenvalue weighted by atomic mass is 15.3. The lowest BCUT2D eigenvalue weighted by Gasteiger charge is -2.56. The predicted octanol–water partition coefficient (Wildman–Crippen LogP) is 0.378. The highest BCUT2D eigenvalue weighted by molar-refractivity contribution is 5.00. The molecule has 1 saturated carbocycles. The van der Waals surface area contributed by atoms with Crippen LogP contribution in [0.1, 0.15) is 19.3 Å². The third kappa shape index (κ3) is 2.05. The van der Waals surface area contributed by atoms with E-state index in [1.54, 1.807) is 0 Å². The Morgan fingerprint density at radius 3 is 2.20 bits per heavy atom. The van der Waals surface area contributed by atoms with E-state index in [4.69, 9.17) is 0 Å². The van der Waals surface area contributed by atoms with E-state index in [0.29, 0.717) is 0 Å². The van der Waals surface area contributed by atoms with Crippen LogP contribution in [0.5, 0.6) is 0 Å². The topological polar surface area (TPSA) is 18.5 Å². The first-order valence-corrected chi connectivity index (χ1v) is 6.52. The summed E-state index contributed by atoms with van der Waals surface area (Å²) in [7, 11) is 0. The Morgan fingerprint density at radius 2 is 1.60 bits per heavy atom. The van der Waals surface area contributed by atoms with Crippen LogP contribution in [0.4, 0.5) is 0 Å². The molecule has 3 aliphatic rings. The summed E-state index contributed by atoms with van der Waals surface area (Å²) in [6, 6.07) is 0. The molecule has 1 spiro atoms. The van der Waals surface area contributed by atoms with Gasteiger partial charge < -0.3 is 10.2 Å². The van der Waals surface area contributed by atoms with E-state index in [0.717, 1.165) is 5.41 Å². The fourth-order valence-electron chi connectivity index (χ4n) is 3.27. The molecule has 2 aliphatic heterocycles. The van der Waals surface area contributed by atoms with E-state index in [2.05, 4.69) is 15.1 Å². The maximum absolute atomic E-state index is 3.41. The molecule has 86 valence electrons. The molecule has 0 amide bonds. The minimum Gasteiger partial charge on any atom is -0.314 e. The Kier molecular flexibility index (Phi) is 2.71. The molecule has 0 unspecified atom stereocenters. The first kappa shape index (κ1) is 10.1. The van der Waals surface area contributed by atoms with Crippen molar-refractivity contribution in [2.24, 2.45) is 5.41 Å². The quantitative estimate of drug-likeness (QED) is 0.725. The highest BCUT2D eigenvalue weighted by Crippen LogP contribution is 2.47. The molecule has 0 aromatic rings. The summed E-state index contributed by atoms with van der Waals surface area (Å²) in [4.78, 5) is 5.25. The molecule has 2 saturated heterocycles. The number of piperazine rings is 1. The smallest absolute Gasteiger partial charge is 0.0110 e. The van der Waals surface area contributed by atoms with Gasteiger partial charge in [0.15, 0.2) is 0 Å². The SMILES string of the molecule is C1CC2(C1)CN(CCN1CCNCC1)C2. The number of nitrogens with one attached hydrogen (secondary N) is 1. The van der Waals surface area contributed by atoms with Gasteiger partial charge in [-0.15, -0.1) is 0 Å². The first-order valence-electron chi connectivity index (χ1n) is 6.52. The van der Waals surface area contributed by atoms with Crippen molar-refractivity contribution >= 4 is 0 Å². The van der Waals surface area contributed by atoms with Crippen LogP contribution in [0.15, 0.2) is 0 Å². The molecule has 3 rings (SSSR count). The van der Waals surface area contributed by atoms with Crippen LogP contribution in [-0.4, -0.2) is 62.2 Å². The average Bonchev–Trinajstić information content (AvgIpc) is 2.15. The minimum atomic E-state index is 0.809. The van der Waals surface area contributed by atoms with E-state index >= 15 is 0 Å². The summed E-state index contributed by atoms with van der Waals surface area (Å²) in [5.41, 5.74) is 0.809. The summed E-state index contributed by atoms with van der Waals surface area (Å²) < 4.78 is 0. The Morgan fingerprint density at radius 1 is 0.933 bits per heavy atom. The lowest BCUT2D eigenvalue weighted by atomic mass is 9.63. The van der Waals surface area contributed by atoms with Gasteiger partial charge in [0.25, 0.3) is 0 Å². The molecule has 15 heavy (non-hydrogen) atoms. The third-order valence-electron chi connectivity index (χ3n) is 4.47. The molecule has 0 aromatic carbocycles. The van der Waals surface area contributed by atoms with Crippen molar-refractivity contribution in [1.29, 1.82) is 0 Å². The average molecular weight is 209 g/mol. The molecule has 3 nitrogen and oxygen atoms in total. The van der Waals surface area contributed by atoms with Gasteiger partial charge in [0.2, 0.25) is 0 Å². The summed E-state index contributed by atoms with van der Waals surface area (Å²) in [5, 5.41) is 3.41. The molecule has 3 fully saturated rings. The van der Waals surface area contributed by atoms with Crippen LogP contribution in [0, 0.1) is 5.41 Å². The third-order valence-corrected chi connectivity index (χ3v) is 4.47. The normalized spacial score (nSPS) is 31.2. The molecule has 0 atom stereocenters. The fraction of sp³-hybridized carbons (Fsp3) is 1.00. The number of nitrogens with zero attached hydrogens (tertiary/aromatic N) is 2. The zero-order valence-electron chi connectivity index (χ0n) is 9.67. The summed E-state index contributed by atoms with van der Waals surface area (Å²) in [5.74, 6) is 0. The van der Waals surface area contributed by atoms with Crippen molar-refractivity contribution in [2.45, 2.75) is 19.3 Å². The highest BCUT2D eigenvalue weighted by Gasteiger charge is 2.46. The van der Waals surface area contributed by atoms with E-state index in [9.17, 15) is 0 Å². The molecule has 0 aromatic heterocycles. The van der Waals surface area contributed by atoms with E-state index in [1.165, 1.54) is 71.6 Å². The molecule has 2 heterocycles. The molecule has 1 aliphatic carbocycles. The van der Waals surface area contributed by atoms with Crippen LogP contribution in [0.25, 0.3) is 0 Å². The van der Waals surface area contributed by atoms with Gasteiger partial charge in [-0.1, -0.05) is 6.42 Å². The summed E-state index contributed by atoms with van der Waals surface area (Å²) in [6.07, 6.45) is 4.51. The second-order valence-corrected chi connectivity index (χ2v) is 5.66. The second kappa shape index (κ2) is 4.04.